The van der Waals surface area contributed by atoms with Gasteiger partial charge >= 0.3 is 12.1 Å². The summed E-state index contributed by atoms with van der Waals surface area (Å²) >= 11 is 0. The number of fused-ring (bicyclic) bond motifs is 3. The lowest BCUT2D eigenvalue weighted by Gasteiger charge is -2.23. The fraction of sp³-hybridized carbons (Fsp3) is 0.188. The average molecular weight is 524 g/mol. The van der Waals surface area contributed by atoms with Crippen molar-refractivity contribution in [1.82, 2.24) is 5.32 Å². The molecule has 0 fully saturated rings. The van der Waals surface area contributed by atoms with Crippen LogP contribution in [0.4, 0.5) is 4.79 Å². The number of hydrogen-bond acceptors (Lipinski definition) is 6. The minimum Gasteiger partial charge on any atom is -0.497 e. The van der Waals surface area contributed by atoms with Crippen molar-refractivity contribution in [3.05, 3.63) is 113 Å². The van der Waals surface area contributed by atoms with Crippen LogP contribution < -0.4 is 19.5 Å². The number of ether oxygens (including phenoxy) is 4. The van der Waals surface area contributed by atoms with Gasteiger partial charge in [-0.25, -0.2) is 4.79 Å². The van der Waals surface area contributed by atoms with Crippen molar-refractivity contribution in [3.8, 4) is 28.4 Å². The van der Waals surface area contributed by atoms with E-state index in [-0.39, 0.29) is 12.5 Å². The fourth-order valence-corrected chi connectivity index (χ4v) is 5.05. The van der Waals surface area contributed by atoms with Gasteiger partial charge in [0.1, 0.15) is 23.9 Å². The molecule has 0 unspecified atom stereocenters. The summed E-state index contributed by atoms with van der Waals surface area (Å²) in [5, 5.41) is 3.00. The predicted octanol–water partition coefficient (Wildman–Crippen LogP) is 6.26. The first-order chi connectivity index (χ1) is 19.0. The monoisotopic (exact) mass is 523 g/mol. The van der Waals surface area contributed by atoms with Crippen molar-refractivity contribution in [2.24, 2.45) is 0 Å². The topological polar surface area (TPSA) is 83.1 Å². The summed E-state index contributed by atoms with van der Waals surface area (Å²) in [5.74, 6) is 1.11. The molecule has 0 aromatic heterocycles. The van der Waals surface area contributed by atoms with Crippen molar-refractivity contribution in [2.45, 2.75) is 18.9 Å². The smallest absolute Gasteiger partial charge is 0.407 e. The maximum atomic E-state index is 13.2. The molecule has 1 N–H and O–H groups in total. The molecule has 1 aliphatic rings. The normalized spacial score (nSPS) is 12.6. The first-order valence-corrected chi connectivity index (χ1v) is 12.6. The summed E-state index contributed by atoms with van der Waals surface area (Å²) in [5.41, 5.74) is 6.07. The number of carbonyl (C=O) groups excluding carboxylic acids is 2. The van der Waals surface area contributed by atoms with Crippen LogP contribution in [0.15, 0.2) is 91.0 Å². The molecule has 5 rings (SSSR count). The van der Waals surface area contributed by atoms with Crippen LogP contribution >= 0.6 is 0 Å². The maximum absolute atomic E-state index is 13.2. The number of carbonyl (C=O) groups is 2. The Hall–Kier alpha value is -4.78. The Bertz CT molecular complexity index is 1450. The van der Waals surface area contributed by atoms with Gasteiger partial charge in [0.15, 0.2) is 0 Å². The Kier molecular flexibility index (Phi) is 7.50. The molecule has 4 aromatic rings. The molecule has 198 valence electrons. The highest BCUT2D eigenvalue weighted by atomic mass is 16.5. The van der Waals surface area contributed by atoms with Gasteiger partial charge in [-0.3, -0.25) is 4.79 Å². The van der Waals surface area contributed by atoms with Crippen LogP contribution in [0.5, 0.6) is 17.2 Å². The molecule has 7 nitrogen and oxygen atoms in total. The highest BCUT2D eigenvalue weighted by Crippen LogP contribution is 2.44. The quantitative estimate of drug-likeness (QED) is 0.217. The number of esters is 1. The SMILES string of the molecule is COc1ccc([C@@H](NC(=O)OCC2c3ccccc3-c3ccccc32)c2ccc(OC(C)=O)cc2)c(OC)c1. The molecule has 0 saturated heterocycles. The fourth-order valence-electron chi connectivity index (χ4n) is 5.05. The van der Waals surface area contributed by atoms with E-state index in [1.165, 1.54) is 6.92 Å². The third kappa shape index (κ3) is 5.43. The van der Waals surface area contributed by atoms with Gasteiger partial charge in [-0.05, 0) is 52.1 Å². The molecular formula is C32H29NO6. The number of rotatable bonds is 8. The van der Waals surface area contributed by atoms with E-state index < -0.39 is 18.1 Å². The number of benzene rings is 4. The molecule has 7 heteroatoms. The molecular weight excluding hydrogens is 494 g/mol. The number of hydrogen-bond donors (Lipinski definition) is 1. The van der Waals surface area contributed by atoms with Gasteiger partial charge in [-0.1, -0.05) is 60.7 Å². The summed E-state index contributed by atoms with van der Waals surface area (Å²) < 4.78 is 22.0. The Morgan fingerprint density at radius 1 is 0.795 bits per heavy atom. The zero-order chi connectivity index (χ0) is 27.4. The highest BCUT2D eigenvalue weighted by Gasteiger charge is 2.30. The molecule has 39 heavy (non-hydrogen) atoms. The van der Waals surface area contributed by atoms with E-state index >= 15 is 0 Å². The average Bonchev–Trinajstić information content (AvgIpc) is 3.28. The lowest BCUT2D eigenvalue weighted by Crippen LogP contribution is -2.31. The number of nitrogens with one attached hydrogen (secondary N) is 1. The van der Waals surface area contributed by atoms with E-state index in [0.717, 1.165) is 27.8 Å². The summed E-state index contributed by atoms with van der Waals surface area (Å²) in [6.07, 6.45) is -0.566. The second kappa shape index (κ2) is 11.3. The predicted molar refractivity (Wildman–Crippen MR) is 147 cm³/mol. The first-order valence-electron chi connectivity index (χ1n) is 12.6. The van der Waals surface area contributed by atoms with Gasteiger partial charge in [0.2, 0.25) is 0 Å². The molecule has 0 radical (unpaired) electrons. The van der Waals surface area contributed by atoms with E-state index in [1.54, 1.807) is 50.6 Å². The van der Waals surface area contributed by atoms with E-state index in [2.05, 4.69) is 29.6 Å². The largest absolute Gasteiger partial charge is 0.497 e. The van der Waals surface area contributed by atoms with Crippen LogP contribution in [0.25, 0.3) is 11.1 Å². The second-order valence-electron chi connectivity index (χ2n) is 9.17. The summed E-state index contributed by atoms with van der Waals surface area (Å²) in [4.78, 5) is 24.6. The third-order valence-electron chi connectivity index (χ3n) is 6.83. The van der Waals surface area contributed by atoms with Gasteiger partial charge in [0.05, 0.1) is 20.3 Å². The van der Waals surface area contributed by atoms with E-state index in [0.29, 0.717) is 22.8 Å². The van der Waals surface area contributed by atoms with E-state index in [9.17, 15) is 9.59 Å². The standard InChI is InChI=1S/C32H29NO6/c1-20(34)39-22-14-12-21(13-15-22)31(28-17-16-23(36-2)18-30(28)37-3)33-32(35)38-19-29-26-10-6-4-8-24(26)25-9-5-7-11-27(25)29/h4-18,29,31H,19H2,1-3H3,(H,33,35)/t31-/m0/s1. The second-order valence-corrected chi connectivity index (χ2v) is 9.17. The van der Waals surface area contributed by atoms with Crippen molar-refractivity contribution in [2.75, 3.05) is 20.8 Å². The van der Waals surface area contributed by atoms with Crippen molar-refractivity contribution in [1.29, 1.82) is 0 Å². The first kappa shape index (κ1) is 25.9. The Morgan fingerprint density at radius 3 is 2.00 bits per heavy atom. The Morgan fingerprint density at radius 2 is 1.41 bits per heavy atom. The Balaban J connectivity index is 1.40. The molecule has 0 heterocycles. The van der Waals surface area contributed by atoms with Gasteiger partial charge in [-0.2, -0.15) is 0 Å². The summed E-state index contributed by atoms with van der Waals surface area (Å²) in [6, 6.07) is 28.1. The molecule has 1 aliphatic carbocycles. The summed E-state index contributed by atoms with van der Waals surface area (Å²) in [7, 11) is 3.14. The molecule has 1 amide bonds. The molecule has 0 spiro atoms. The van der Waals surface area contributed by atoms with Crippen molar-refractivity contribution in [3.63, 3.8) is 0 Å². The zero-order valence-electron chi connectivity index (χ0n) is 22.0. The van der Waals surface area contributed by atoms with E-state index in [1.807, 2.05) is 30.3 Å². The van der Waals surface area contributed by atoms with Gasteiger partial charge in [0.25, 0.3) is 0 Å². The molecule has 4 aromatic carbocycles. The van der Waals surface area contributed by atoms with Gasteiger partial charge in [0, 0.05) is 24.5 Å². The van der Waals surface area contributed by atoms with Gasteiger partial charge in [-0.15, -0.1) is 0 Å². The molecule has 0 aliphatic heterocycles. The summed E-state index contributed by atoms with van der Waals surface area (Å²) in [6.45, 7) is 1.54. The van der Waals surface area contributed by atoms with Crippen molar-refractivity contribution < 1.29 is 28.5 Å². The number of alkyl carbamates (subject to hydrolysis) is 1. The van der Waals surface area contributed by atoms with Crippen LogP contribution in [0, 0.1) is 0 Å². The van der Waals surface area contributed by atoms with E-state index in [4.69, 9.17) is 18.9 Å². The lowest BCUT2D eigenvalue weighted by atomic mass is 9.97. The maximum Gasteiger partial charge on any atom is 0.407 e. The zero-order valence-corrected chi connectivity index (χ0v) is 22.0. The number of methoxy groups -OCH3 is 2. The lowest BCUT2D eigenvalue weighted by molar-refractivity contribution is -0.131. The van der Waals surface area contributed by atoms with Crippen molar-refractivity contribution >= 4 is 12.1 Å². The van der Waals surface area contributed by atoms with Crippen LogP contribution in [0.3, 0.4) is 0 Å². The van der Waals surface area contributed by atoms with Crippen LogP contribution in [-0.4, -0.2) is 32.9 Å². The van der Waals surface area contributed by atoms with Crippen LogP contribution in [0.2, 0.25) is 0 Å². The minimum absolute atomic E-state index is 0.0554. The van der Waals surface area contributed by atoms with Gasteiger partial charge < -0.3 is 24.3 Å². The molecule has 1 atom stereocenters. The number of amides is 1. The molecule has 0 saturated carbocycles. The minimum atomic E-state index is -0.604. The third-order valence-corrected chi connectivity index (χ3v) is 6.83. The van der Waals surface area contributed by atoms with Crippen LogP contribution in [0.1, 0.15) is 41.1 Å². The molecule has 0 bridgehead atoms. The highest BCUT2D eigenvalue weighted by molar-refractivity contribution is 5.79. The van der Waals surface area contributed by atoms with Crippen LogP contribution in [-0.2, 0) is 9.53 Å². The Labute approximate surface area is 227 Å².